The molecule has 1 saturated heterocycles. The normalized spacial score (nSPS) is 19.2. The molecule has 0 radical (unpaired) electrons. The van der Waals surface area contributed by atoms with Gasteiger partial charge in [-0.05, 0) is 26.7 Å². The third-order valence-corrected chi connectivity index (χ3v) is 6.94. The molecule has 8 nitrogen and oxygen atoms in total. The number of rotatable bonds is 4. The molecule has 1 aliphatic heterocycles. The summed E-state index contributed by atoms with van der Waals surface area (Å²) in [6.45, 7) is 4.93. The lowest BCUT2D eigenvalue weighted by Crippen LogP contribution is -2.45. The average Bonchev–Trinajstić information content (AvgIpc) is 2.87. The Labute approximate surface area is 155 Å². The van der Waals surface area contributed by atoms with Crippen LogP contribution in [-0.4, -0.2) is 64.0 Å². The molecule has 0 saturated carbocycles. The summed E-state index contributed by atoms with van der Waals surface area (Å²) in [5.74, 6) is 0.0150. The van der Waals surface area contributed by atoms with E-state index in [2.05, 4.69) is 15.1 Å². The highest BCUT2D eigenvalue weighted by Crippen LogP contribution is 2.35. The van der Waals surface area contributed by atoms with Crippen molar-refractivity contribution in [3.05, 3.63) is 29.5 Å². The van der Waals surface area contributed by atoms with Gasteiger partial charge in [0.1, 0.15) is 0 Å². The van der Waals surface area contributed by atoms with Crippen LogP contribution in [0.2, 0.25) is 0 Å². The highest BCUT2D eigenvalue weighted by Gasteiger charge is 2.33. The van der Waals surface area contributed by atoms with Gasteiger partial charge in [0, 0.05) is 63.8 Å². The van der Waals surface area contributed by atoms with Crippen LogP contribution in [0.1, 0.15) is 35.8 Å². The largest absolute Gasteiger partial charge is 0.281 e. The van der Waals surface area contributed by atoms with Crippen LogP contribution in [0, 0.1) is 13.8 Å². The van der Waals surface area contributed by atoms with Crippen molar-refractivity contribution in [2.75, 3.05) is 27.2 Å². The van der Waals surface area contributed by atoms with Crippen LogP contribution < -0.4 is 0 Å². The lowest BCUT2D eigenvalue weighted by atomic mass is 9.92. The molecular formula is C17H26N6O2S. The minimum absolute atomic E-state index is 0.0150. The van der Waals surface area contributed by atoms with Crippen molar-refractivity contribution < 1.29 is 8.42 Å². The molecule has 142 valence electrons. The van der Waals surface area contributed by atoms with Gasteiger partial charge in [-0.1, -0.05) is 0 Å². The van der Waals surface area contributed by atoms with Crippen molar-refractivity contribution in [3.63, 3.8) is 0 Å². The Balaban J connectivity index is 2.01. The van der Waals surface area contributed by atoms with Crippen LogP contribution in [0.5, 0.6) is 0 Å². The van der Waals surface area contributed by atoms with E-state index < -0.39 is 10.2 Å². The second kappa shape index (κ2) is 7.05. The summed E-state index contributed by atoms with van der Waals surface area (Å²) in [6, 6.07) is 0. The van der Waals surface area contributed by atoms with Crippen molar-refractivity contribution in [3.8, 4) is 11.3 Å². The number of aryl methyl sites for hydroxylation is 2. The maximum absolute atomic E-state index is 12.5. The van der Waals surface area contributed by atoms with Gasteiger partial charge < -0.3 is 0 Å². The van der Waals surface area contributed by atoms with Crippen molar-refractivity contribution in [1.82, 2.24) is 28.4 Å². The quantitative estimate of drug-likeness (QED) is 0.805. The minimum atomic E-state index is -3.43. The molecule has 0 amide bonds. The summed E-state index contributed by atoms with van der Waals surface area (Å²) in [5, 5.41) is 4.49. The maximum Gasteiger partial charge on any atom is 0.281 e. The van der Waals surface area contributed by atoms with Gasteiger partial charge in [0.2, 0.25) is 0 Å². The third-order valence-electron chi connectivity index (χ3n) is 5.03. The Morgan fingerprint density at radius 2 is 1.88 bits per heavy atom. The van der Waals surface area contributed by atoms with E-state index in [0.29, 0.717) is 13.1 Å². The standard InChI is InChI=1S/C17H26N6O2S/c1-12-15(13(2)22(5)20-12)17-16(18-8-9-19-17)14-7-6-10-23(11-14)26(24,25)21(3)4/h8-9,14H,6-7,10-11H2,1-5H3/t14-/m1/s1. The van der Waals surface area contributed by atoms with Gasteiger partial charge in [0.25, 0.3) is 10.2 Å². The predicted molar refractivity (Wildman–Crippen MR) is 99.9 cm³/mol. The van der Waals surface area contributed by atoms with Gasteiger partial charge in [0.15, 0.2) is 0 Å². The van der Waals surface area contributed by atoms with Gasteiger partial charge in [-0.15, -0.1) is 0 Å². The summed E-state index contributed by atoms with van der Waals surface area (Å²) >= 11 is 0. The first-order chi connectivity index (χ1) is 12.2. The molecule has 0 unspecified atom stereocenters. The molecule has 0 aliphatic carbocycles. The Kier molecular flexibility index (Phi) is 5.14. The van der Waals surface area contributed by atoms with E-state index in [0.717, 1.165) is 41.2 Å². The zero-order valence-electron chi connectivity index (χ0n) is 16.0. The van der Waals surface area contributed by atoms with Gasteiger partial charge in [-0.2, -0.15) is 22.1 Å². The van der Waals surface area contributed by atoms with Gasteiger partial charge >= 0.3 is 0 Å². The average molecular weight is 379 g/mol. The van der Waals surface area contributed by atoms with Crippen LogP contribution in [0.3, 0.4) is 0 Å². The van der Waals surface area contributed by atoms with Crippen molar-refractivity contribution >= 4 is 10.2 Å². The molecule has 2 aromatic rings. The van der Waals surface area contributed by atoms with Crippen molar-refractivity contribution in [2.45, 2.75) is 32.6 Å². The first-order valence-corrected chi connectivity index (χ1v) is 10.1. The van der Waals surface area contributed by atoms with E-state index in [9.17, 15) is 8.42 Å². The lowest BCUT2D eigenvalue weighted by Gasteiger charge is -2.33. The van der Waals surface area contributed by atoms with Crippen LogP contribution in [0.4, 0.5) is 0 Å². The molecule has 9 heteroatoms. The van der Waals surface area contributed by atoms with Crippen LogP contribution in [-0.2, 0) is 17.3 Å². The molecule has 0 spiro atoms. The number of hydrogen-bond donors (Lipinski definition) is 0. The Hall–Kier alpha value is -1.84. The molecular weight excluding hydrogens is 352 g/mol. The smallest absolute Gasteiger partial charge is 0.272 e. The molecule has 0 N–H and O–H groups in total. The summed E-state index contributed by atoms with van der Waals surface area (Å²) in [4.78, 5) is 9.18. The van der Waals surface area contributed by atoms with Crippen LogP contribution in [0.15, 0.2) is 12.4 Å². The van der Waals surface area contributed by atoms with Crippen LogP contribution in [0.25, 0.3) is 11.3 Å². The van der Waals surface area contributed by atoms with E-state index in [1.165, 1.54) is 4.31 Å². The molecule has 0 bridgehead atoms. The van der Waals surface area contributed by atoms with Gasteiger partial charge in [-0.25, -0.2) is 0 Å². The summed E-state index contributed by atoms with van der Waals surface area (Å²) in [5.41, 5.74) is 4.58. The molecule has 0 aromatic carbocycles. The zero-order chi connectivity index (χ0) is 19.1. The minimum Gasteiger partial charge on any atom is -0.272 e. The lowest BCUT2D eigenvalue weighted by molar-refractivity contribution is 0.296. The molecule has 1 fully saturated rings. The monoisotopic (exact) mass is 378 g/mol. The Morgan fingerprint density at radius 3 is 2.50 bits per heavy atom. The predicted octanol–water partition coefficient (Wildman–Crippen LogP) is 1.48. The first-order valence-electron chi connectivity index (χ1n) is 8.72. The molecule has 1 atom stereocenters. The highest BCUT2D eigenvalue weighted by atomic mass is 32.2. The highest BCUT2D eigenvalue weighted by molar-refractivity contribution is 7.86. The maximum atomic E-state index is 12.5. The molecule has 2 aromatic heterocycles. The van der Waals surface area contributed by atoms with Gasteiger partial charge in [-0.3, -0.25) is 14.6 Å². The fourth-order valence-electron chi connectivity index (χ4n) is 3.56. The summed E-state index contributed by atoms with van der Waals surface area (Å²) < 4.78 is 29.7. The molecule has 3 rings (SSSR count). The second-order valence-corrected chi connectivity index (χ2v) is 9.09. The number of piperidine rings is 1. The zero-order valence-corrected chi connectivity index (χ0v) is 16.8. The number of nitrogens with zero attached hydrogens (tertiary/aromatic N) is 6. The van der Waals surface area contributed by atoms with E-state index in [4.69, 9.17) is 0 Å². The van der Waals surface area contributed by atoms with E-state index in [-0.39, 0.29) is 5.92 Å². The second-order valence-electron chi connectivity index (χ2n) is 6.95. The molecule has 1 aliphatic rings. The van der Waals surface area contributed by atoms with Crippen LogP contribution >= 0.6 is 0 Å². The Morgan fingerprint density at radius 1 is 1.19 bits per heavy atom. The molecule has 26 heavy (non-hydrogen) atoms. The Bertz CT molecular complexity index is 906. The topological polar surface area (TPSA) is 84.2 Å². The third kappa shape index (κ3) is 3.26. The van der Waals surface area contributed by atoms with Gasteiger partial charge in [0.05, 0.1) is 17.1 Å². The first kappa shape index (κ1) is 18.9. The van der Waals surface area contributed by atoms with E-state index in [1.54, 1.807) is 30.8 Å². The van der Waals surface area contributed by atoms with E-state index in [1.807, 2.05) is 25.6 Å². The fraction of sp³-hybridized carbons (Fsp3) is 0.588. The van der Waals surface area contributed by atoms with E-state index >= 15 is 0 Å². The number of aromatic nitrogens is 4. The summed E-state index contributed by atoms with van der Waals surface area (Å²) in [7, 11) is 1.61. The SMILES string of the molecule is Cc1nn(C)c(C)c1-c1nccnc1[C@@H]1CCCN(S(=O)(=O)N(C)C)C1. The summed E-state index contributed by atoms with van der Waals surface area (Å²) in [6.07, 6.45) is 5.06. The molecule has 3 heterocycles. The van der Waals surface area contributed by atoms with Crippen molar-refractivity contribution in [2.24, 2.45) is 7.05 Å². The number of hydrogen-bond acceptors (Lipinski definition) is 5. The van der Waals surface area contributed by atoms with Crippen molar-refractivity contribution in [1.29, 1.82) is 0 Å². The fourth-order valence-corrected chi connectivity index (χ4v) is 4.75.